The fourth-order valence-corrected chi connectivity index (χ4v) is 6.42. The molecule has 130 valence electrons. The first kappa shape index (κ1) is 16.3. The second kappa shape index (κ2) is 5.67. The molecule has 4 rings (SSSR count). The van der Waals surface area contributed by atoms with Crippen LogP contribution in [-0.2, 0) is 16.4 Å². The van der Waals surface area contributed by atoms with Crippen molar-refractivity contribution in [1.82, 2.24) is 10.1 Å². The summed E-state index contributed by atoms with van der Waals surface area (Å²) in [4.78, 5) is 5.90. The van der Waals surface area contributed by atoms with E-state index in [-0.39, 0.29) is 6.04 Å². The van der Waals surface area contributed by atoms with E-state index in [2.05, 4.69) is 10.1 Å². The molecule has 0 fully saturated rings. The molecule has 0 amide bonds. The standard InChI is InChI=1S/C17H17N3O3S2/c1-10-8-13-6-4-5-7-14(13)20(10)25(21,22)16-9-15(24-11(16)2)17-18-12(3)23-19-17/h4-7,9-10H,8H2,1-3H3. The zero-order valence-electron chi connectivity index (χ0n) is 14.1. The van der Waals surface area contributed by atoms with Crippen LogP contribution in [0.25, 0.3) is 10.7 Å². The van der Waals surface area contributed by atoms with Crippen molar-refractivity contribution in [2.24, 2.45) is 0 Å². The number of thiophene rings is 1. The number of anilines is 1. The maximum atomic E-state index is 13.3. The van der Waals surface area contributed by atoms with Crippen LogP contribution in [0.15, 0.2) is 39.8 Å². The predicted molar refractivity (Wildman–Crippen MR) is 96.4 cm³/mol. The Hall–Kier alpha value is -2.19. The fourth-order valence-electron chi connectivity index (χ4n) is 3.24. The number of nitrogens with zero attached hydrogens (tertiary/aromatic N) is 3. The van der Waals surface area contributed by atoms with Crippen LogP contribution in [0.3, 0.4) is 0 Å². The van der Waals surface area contributed by atoms with Crippen molar-refractivity contribution in [3.8, 4) is 10.7 Å². The van der Waals surface area contributed by atoms with Gasteiger partial charge >= 0.3 is 0 Å². The van der Waals surface area contributed by atoms with Crippen LogP contribution in [0, 0.1) is 13.8 Å². The second-order valence-corrected chi connectivity index (χ2v) is 9.19. The van der Waals surface area contributed by atoms with E-state index in [4.69, 9.17) is 4.52 Å². The van der Waals surface area contributed by atoms with Crippen molar-refractivity contribution in [3.63, 3.8) is 0 Å². The Morgan fingerprint density at radius 1 is 1.28 bits per heavy atom. The molecule has 1 atom stereocenters. The molecule has 0 bridgehead atoms. The van der Waals surface area contributed by atoms with E-state index in [1.807, 2.05) is 31.2 Å². The van der Waals surface area contributed by atoms with Crippen LogP contribution in [0.2, 0.25) is 0 Å². The van der Waals surface area contributed by atoms with Crippen molar-refractivity contribution < 1.29 is 12.9 Å². The molecular formula is C17H17N3O3S2. The summed E-state index contributed by atoms with van der Waals surface area (Å²) < 4.78 is 33.2. The van der Waals surface area contributed by atoms with Gasteiger partial charge < -0.3 is 4.52 Å². The van der Waals surface area contributed by atoms with Gasteiger partial charge in [-0.2, -0.15) is 4.98 Å². The predicted octanol–water partition coefficient (Wildman–Crippen LogP) is 3.55. The van der Waals surface area contributed by atoms with Crippen LogP contribution >= 0.6 is 11.3 Å². The number of rotatable bonds is 3. The highest BCUT2D eigenvalue weighted by atomic mass is 32.2. The van der Waals surface area contributed by atoms with Crippen molar-refractivity contribution >= 4 is 27.0 Å². The molecule has 1 aliphatic heterocycles. The number of fused-ring (bicyclic) bond motifs is 1. The number of hydrogen-bond donors (Lipinski definition) is 0. The molecule has 3 heterocycles. The maximum absolute atomic E-state index is 13.3. The van der Waals surface area contributed by atoms with Crippen molar-refractivity contribution in [3.05, 3.63) is 46.7 Å². The van der Waals surface area contributed by atoms with Gasteiger partial charge in [-0.15, -0.1) is 11.3 Å². The van der Waals surface area contributed by atoms with E-state index in [0.717, 1.165) is 17.7 Å². The summed E-state index contributed by atoms with van der Waals surface area (Å²) in [7, 11) is -3.65. The molecule has 0 spiro atoms. The number of para-hydroxylation sites is 1. The molecule has 3 aromatic rings. The summed E-state index contributed by atoms with van der Waals surface area (Å²) in [5.74, 6) is 0.870. The van der Waals surface area contributed by atoms with E-state index in [0.29, 0.717) is 26.4 Å². The fraction of sp³-hybridized carbons (Fsp3) is 0.294. The number of aryl methyl sites for hydroxylation is 2. The highest BCUT2D eigenvalue weighted by molar-refractivity contribution is 7.93. The normalized spacial score (nSPS) is 17.1. The van der Waals surface area contributed by atoms with Gasteiger partial charge in [0, 0.05) is 17.8 Å². The number of aromatic nitrogens is 2. The van der Waals surface area contributed by atoms with E-state index in [1.54, 1.807) is 19.9 Å². The summed E-state index contributed by atoms with van der Waals surface area (Å²) in [5.41, 5.74) is 1.82. The topological polar surface area (TPSA) is 76.3 Å². The molecule has 0 aliphatic carbocycles. The molecule has 1 aliphatic rings. The molecule has 0 radical (unpaired) electrons. The van der Waals surface area contributed by atoms with Crippen molar-refractivity contribution in [2.45, 2.75) is 38.1 Å². The minimum absolute atomic E-state index is 0.113. The molecule has 0 saturated heterocycles. The Bertz CT molecular complexity index is 1050. The van der Waals surface area contributed by atoms with Gasteiger partial charge in [0.05, 0.1) is 10.6 Å². The molecule has 6 nitrogen and oxygen atoms in total. The molecule has 1 aromatic carbocycles. The third-order valence-corrected chi connectivity index (χ3v) is 7.53. The lowest BCUT2D eigenvalue weighted by atomic mass is 10.1. The summed E-state index contributed by atoms with van der Waals surface area (Å²) in [6.45, 7) is 5.45. The average molecular weight is 375 g/mol. The zero-order chi connectivity index (χ0) is 17.8. The van der Waals surface area contributed by atoms with Gasteiger partial charge in [-0.1, -0.05) is 23.4 Å². The maximum Gasteiger partial charge on any atom is 0.265 e. The summed E-state index contributed by atoms with van der Waals surface area (Å²) in [5, 5.41) is 3.89. The van der Waals surface area contributed by atoms with Gasteiger partial charge in [0.1, 0.15) is 4.90 Å². The molecular weight excluding hydrogens is 358 g/mol. The van der Waals surface area contributed by atoms with Crippen LogP contribution < -0.4 is 4.31 Å². The van der Waals surface area contributed by atoms with Crippen molar-refractivity contribution in [1.29, 1.82) is 0 Å². The van der Waals surface area contributed by atoms with E-state index >= 15 is 0 Å². The quantitative estimate of drug-likeness (QED) is 0.700. The lowest BCUT2D eigenvalue weighted by Gasteiger charge is -2.24. The Balaban J connectivity index is 1.80. The van der Waals surface area contributed by atoms with Crippen LogP contribution in [0.1, 0.15) is 23.3 Å². The summed E-state index contributed by atoms with van der Waals surface area (Å²) in [6, 6.07) is 9.18. The summed E-state index contributed by atoms with van der Waals surface area (Å²) >= 11 is 1.36. The van der Waals surface area contributed by atoms with Gasteiger partial charge in [0.25, 0.3) is 10.0 Å². The SMILES string of the molecule is Cc1nc(-c2cc(S(=O)(=O)N3c4ccccc4CC3C)c(C)s2)no1. The van der Waals surface area contributed by atoms with Gasteiger partial charge in [0.2, 0.25) is 11.7 Å². The van der Waals surface area contributed by atoms with E-state index in [9.17, 15) is 8.42 Å². The molecule has 8 heteroatoms. The number of sulfonamides is 1. The van der Waals surface area contributed by atoms with Gasteiger partial charge in [-0.25, -0.2) is 8.42 Å². The summed E-state index contributed by atoms with van der Waals surface area (Å²) in [6.07, 6.45) is 0.718. The molecule has 0 saturated carbocycles. The molecule has 1 unspecified atom stereocenters. The zero-order valence-corrected chi connectivity index (χ0v) is 15.7. The monoisotopic (exact) mass is 375 g/mol. The lowest BCUT2D eigenvalue weighted by Crippen LogP contribution is -2.35. The molecule has 0 N–H and O–H groups in total. The highest BCUT2D eigenvalue weighted by Crippen LogP contribution is 2.40. The minimum Gasteiger partial charge on any atom is -0.339 e. The number of benzene rings is 1. The van der Waals surface area contributed by atoms with Gasteiger partial charge in [0.15, 0.2) is 0 Å². The molecule has 2 aromatic heterocycles. The van der Waals surface area contributed by atoms with Gasteiger partial charge in [-0.3, -0.25) is 4.31 Å². The van der Waals surface area contributed by atoms with Gasteiger partial charge in [-0.05, 0) is 38.0 Å². The lowest BCUT2D eigenvalue weighted by molar-refractivity contribution is 0.394. The third-order valence-electron chi connectivity index (χ3n) is 4.30. The first-order valence-corrected chi connectivity index (χ1v) is 10.2. The first-order valence-electron chi connectivity index (χ1n) is 7.91. The third kappa shape index (κ3) is 2.56. The molecule has 25 heavy (non-hydrogen) atoms. The Morgan fingerprint density at radius 2 is 2.04 bits per heavy atom. The smallest absolute Gasteiger partial charge is 0.265 e. The highest BCUT2D eigenvalue weighted by Gasteiger charge is 2.37. The number of hydrogen-bond acceptors (Lipinski definition) is 6. The Kier molecular flexibility index (Phi) is 3.69. The van der Waals surface area contributed by atoms with Crippen LogP contribution in [-0.4, -0.2) is 24.6 Å². The minimum atomic E-state index is -3.65. The van der Waals surface area contributed by atoms with Crippen LogP contribution in [0.5, 0.6) is 0 Å². The first-order chi connectivity index (χ1) is 11.9. The Labute approximate surface area is 150 Å². The van der Waals surface area contributed by atoms with E-state index < -0.39 is 10.0 Å². The Morgan fingerprint density at radius 3 is 2.76 bits per heavy atom. The van der Waals surface area contributed by atoms with Crippen LogP contribution in [0.4, 0.5) is 5.69 Å². The average Bonchev–Trinajstić information content (AvgIpc) is 3.23. The van der Waals surface area contributed by atoms with E-state index in [1.165, 1.54) is 15.6 Å². The van der Waals surface area contributed by atoms with Crippen molar-refractivity contribution in [2.75, 3.05) is 4.31 Å². The largest absolute Gasteiger partial charge is 0.339 e. The second-order valence-electron chi connectivity index (χ2n) is 6.15.